The molecule has 0 radical (unpaired) electrons. The molecule has 1 aromatic heterocycles. The van der Waals surface area contributed by atoms with Crippen LogP contribution in [0.15, 0.2) is 22.7 Å². The van der Waals surface area contributed by atoms with E-state index >= 15 is 0 Å². The summed E-state index contributed by atoms with van der Waals surface area (Å²) < 4.78 is 10.1. The summed E-state index contributed by atoms with van der Waals surface area (Å²) >= 11 is 5.83. The summed E-state index contributed by atoms with van der Waals surface area (Å²) in [5, 5.41) is 13.0. The van der Waals surface area contributed by atoms with Gasteiger partial charge in [0, 0.05) is 5.02 Å². The van der Waals surface area contributed by atoms with Crippen LogP contribution in [0, 0.1) is 0 Å². The van der Waals surface area contributed by atoms with E-state index in [9.17, 15) is 0 Å². The van der Waals surface area contributed by atoms with Gasteiger partial charge in [0.15, 0.2) is 5.82 Å². The summed E-state index contributed by atoms with van der Waals surface area (Å²) in [6.07, 6.45) is 0. The molecule has 0 saturated carbocycles. The lowest BCUT2D eigenvalue weighted by Gasteiger charge is -2.04. The second-order valence-corrected chi connectivity index (χ2v) is 3.45. The minimum absolute atomic E-state index is 0.229. The molecule has 0 spiro atoms. The Morgan fingerprint density at radius 3 is 2.94 bits per heavy atom. The predicted octanol–water partition coefficient (Wildman–Crippen LogP) is 1.89. The summed E-state index contributed by atoms with van der Waals surface area (Å²) in [5.74, 6) is 1.06. The van der Waals surface area contributed by atoms with Gasteiger partial charge >= 0.3 is 0 Å². The topological polar surface area (TPSA) is 68.4 Å². The monoisotopic (exact) mass is 240 g/mol. The Bertz CT molecular complexity index is 499. The number of hydrogen-bond acceptors (Lipinski definition) is 5. The summed E-state index contributed by atoms with van der Waals surface area (Å²) in [4.78, 5) is 3.99. The van der Waals surface area contributed by atoms with Crippen LogP contribution in [-0.4, -0.2) is 22.4 Å². The zero-order valence-corrected chi connectivity index (χ0v) is 9.23. The molecule has 5 nitrogen and oxygen atoms in total. The van der Waals surface area contributed by atoms with Crippen molar-refractivity contribution in [1.29, 1.82) is 0 Å². The highest BCUT2D eigenvalue weighted by molar-refractivity contribution is 6.30. The first kappa shape index (κ1) is 10.9. The molecule has 84 valence electrons. The third-order valence-corrected chi connectivity index (χ3v) is 2.24. The number of rotatable bonds is 3. The molecule has 0 amide bonds. The van der Waals surface area contributed by atoms with Crippen LogP contribution in [0.25, 0.3) is 11.5 Å². The molecule has 0 atom stereocenters. The molecule has 2 aromatic rings. The summed E-state index contributed by atoms with van der Waals surface area (Å²) in [7, 11) is 1.53. The minimum Gasteiger partial charge on any atom is -0.496 e. The number of hydrogen-bond donors (Lipinski definition) is 1. The van der Waals surface area contributed by atoms with Crippen LogP contribution in [0.3, 0.4) is 0 Å². The maximum absolute atomic E-state index is 8.83. The lowest BCUT2D eigenvalue weighted by molar-refractivity contribution is 0.264. The number of aliphatic hydroxyl groups is 1. The Hall–Kier alpha value is -1.59. The van der Waals surface area contributed by atoms with Crippen molar-refractivity contribution in [2.24, 2.45) is 0 Å². The average Bonchev–Trinajstić information content (AvgIpc) is 2.77. The number of aliphatic hydroxyl groups excluding tert-OH is 1. The van der Waals surface area contributed by atoms with Crippen molar-refractivity contribution in [3.63, 3.8) is 0 Å². The normalized spacial score (nSPS) is 10.4. The minimum atomic E-state index is -0.264. The van der Waals surface area contributed by atoms with Crippen LogP contribution >= 0.6 is 11.6 Å². The lowest BCUT2D eigenvalue weighted by Crippen LogP contribution is -1.89. The van der Waals surface area contributed by atoms with Gasteiger partial charge in [-0.05, 0) is 18.2 Å². The van der Waals surface area contributed by atoms with Gasteiger partial charge in [-0.25, -0.2) is 0 Å². The van der Waals surface area contributed by atoms with Gasteiger partial charge in [0.2, 0.25) is 0 Å². The fourth-order valence-electron chi connectivity index (χ4n) is 1.27. The Morgan fingerprint density at radius 1 is 1.50 bits per heavy atom. The maximum Gasteiger partial charge on any atom is 0.261 e. The maximum atomic E-state index is 8.83. The predicted molar refractivity (Wildman–Crippen MR) is 57.2 cm³/mol. The number of methoxy groups -OCH3 is 1. The van der Waals surface area contributed by atoms with Gasteiger partial charge in [0.1, 0.15) is 12.4 Å². The molecule has 1 heterocycles. The first-order valence-electron chi connectivity index (χ1n) is 4.52. The van der Waals surface area contributed by atoms with Crippen LogP contribution in [0.1, 0.15) is 5.82 Å². The van der Waals surface area contributed by atoms with Crippen molar-refractivity contribution < 1.29 is 14.4 Å². The molecule has 16 heavy (non-hydrogen) atoms. The van der Waals surface area contributed by atoms with Crippen molar-refractivity contribution in [2.45, 2.75) is 6.61 Å². The number of halogens is 1. The zero-order valence-electron chi connectivity index (χ0n) is 8.48. The van der Waals surface area contributed by atoms with E-state index in [0.29, 0.717) is 16.3 Å². The molecule has 0 unspecified atom stereocenters. The van der Waals surface area contributed by atoms with Gasteiger partial charge in [-0.3, -0.25) is 0 Å². The Balaban J connectivity index is 2.46. The number of ether oxygens (including phenoxy) is 1. The highest BCUT2D eigenvalue weighted by Crippen LogP contribution is 2.31. The fourth-order valence-corrected chi connectivity index (χ4v) is 1.43. The van der Waals surface area contributed by atoms with E-state index in [-0.39, 0.29) is 18.3 Å². The molecular weight excluding hydrogens is 232 g/mol. The fraction of sp³-hybridized carbons (Fsp3) is 0.200. The van der Waals surface area contributed by atoms with Crippen molar-refractivity contribution in [1.82, 2.24) is 10.1 Å². The van der Waals surface area contributed by atoms with Gasteiger partial charge in [0.25, 0.3) is 5.89 Å². The van der Waals surface area contributed by atoms with E-state index in [1.807, 2.05) is 0 Å². The molecule has 0 saturated heterocycles. The quantitative estimate of drug-likeness (QED) is 0.887. The SMILES string of the molecule is COc1cc(Cl)ccc1-c1nc(CO)no1. The second kappa shape index (κ2) is 4.51. The Labute approximate surface area is 96.6 Å². The molecule has 0 aliphatic carbocycles. The first-order valence-corrected chi connectivity index (χ1v) is 4.89. The summed E-state index contributed by atoms with van der Waals surface area (Å²) in [6, 6.07) is 5.07. The van der Waals surface area contributed by atoms with Crippen LogP contribution in [0.2, 0.25) is 5.02 Å². The number of benzene rings is 1. The van der Waals surface area contributed by atoms with E-state index in [1.165, 1.54) is 7.11 Å². The second-order valence-electron chi connectivity index (χ2n) is 3.02. The van der Waals surface area contributed by atoms with E-state index < -0.39 is 0 Å². The zero-order chi connectivity index (χ0) is 11.5. The molecule has 1 aromatic carbocycles. The molecule has 0 aliphatic heterocycles. The van der Waals surface area contributed by atoms with Gasteiger partial charge in [-0.1, -0.05) is 16.8 Å². The van der Waals surface area contributed by atoms with E-state index in [1.54, 1.807) is 18.2 Å². The van der Waals surface area contributed by atoms with Crippen LogP contribution in [-0.2, 0) is 6.61 Å². The standard InChI is InChI=1S/C10H9ClN2O3/c1-15-8-4-6(11)2-3-7(8)10-12-9(5-14)13-16-10/h2-4,14H,5H2,1H3. The largest absolute Gasteiger partial charge is 0.496 e. The molecule has 0 aliphatic rings. The molecule has 0 fully saturated rings. The van der Waals surface area contributed by atoms with Crippen LogP contribution < -0.4 is 4.74 Å². The smallest absolute Gasteiger partial charge is 0.261 e. The third kappa shape index (κ3) is 2.00. The summed E-state index contributed by atoms with van der Waals surface area (Å²) in [5.41, 5.74) is 0.638. The van der Waals surface area contributed by atoms with Gasteiger partial charge in [0.05, 0.1) is 12.7 Å². The molecular formula is C10H9ClN2O3. The first-order chi connectivity index (χ1) is 7.74. The molecule has 2 rings (SSSR count). The van der Waals surface area contributed by atoms with Crippen molar-refractivity contribution in [3.05, 3.63) is 29.0 Å². The average molecular weight is 241 g/mol. The Kier molecular flexibility index (Phi) is 3.07. The number of aromatic nitrogens is 2. The van der Waals surface area contributed by atoms with Gasteiger partial charge in [-0.2, -0.15) is 4.98 Å². The summed E-state index contributed by atoms with van der Waals surface area (Å²) in [6.45, 7) is -0.264. The van der Waals surface area contributed by atoms with Gasteiger partial charge in [-0.15, -0.1) is 0 Å². The van der Waals surface area contributed by atoms with Crippen LogP contribution in [0.4, 0.5) is 0 Å². The molecule has 1 N–H and O–H groups in total. The van der Waals surface area contributed by atoms with Crippen molar-refractivity contribution >= 4 is 11.6 Å². The molecule has 6 heteroatoms. The lowest BCUT2D eigenvalue weighted by atomic mass is 10.2. The van der Waals surface area contributed by atoms with Crippen molar-refractivity contribution in [3.8, 4) is 17.2 Å². The number of nitrogens with zero attached hydrogens (tertiary/aromatic N) is 2. The third-order valence-electron chi connectivity index (χ3n) is 2.00. The highest BCUT2D eigenvalue weighted by Gasteiger charge is 2.13. The van der Waals surface area contributed by atoms with Crippen LogP contribution in [0.5, 0.6) is 5.75 Å². The van der Waals surface area contributed by atoms with E-state index in [4.69, 9.17) is 26.0 Å². The highest BCUT2D eigenvalue weighted by atomic mass is 35.5. The molecule has 0 bridgehead atoms. The van der Waals surface area contributed by atoms with Crippen molar-refractivity contribution in [2.75, 3.05) is 7.11 Å². The Morgan fingerprint density at radius 2 is 2.31 bits per heavy atom. The van der Waals surface area contributed by atoms with Gasteiger partial charge < -0.3 is 14.4 Å². The van der Waals surface area contributed by atoms with E-state index in [0.717, 1.165) is 0 Å². The van der Waals surface area contributed by atoms with E-state index in [2.05, 4.69) is 10.1 Å².